The van der Waals surface area contributed by atoms with Gasteiger partial charge in [-0.2, -0.15) is 4.31 Å². The highest BCUT2D eigenvalue weighted by Gasteiger charge is 2.36. The molecule has 1 aromatic carbocycles. The van der Waals surface area contributed by atoms with Gasteiger partial charge in [0.05, 0.1) is 5.75 Å². The van der Waals surface area contributed by atoms with Crippen molar-refractivity contribution in [3.05, 3.63) is 35.4 Å². The smallest absolute Gasteiger partial charge is 0.215 e. The van der Waals surface area contributed by atoms with Crippen LogP contribution in [0.3, 0.4) is 0 Å². The Morgan fingerprint density at radius 3 is 2.39 bits per heavy atom. The molecule has 0 radical (unpaired) electrons. The van der Waals surface area contributed by atoms with E-state index in [0.717, 1.165) is 18.4 Å². The minimum atomic E-state index is -3.21. The van der Waals surface area contributed by atoms with E-state index in [-0.39, 0.29) is 18.3 Å². The van der Waals surface area contributed by atoms with Crippen LogP contribution in [0, 0.1) is 6.92 Å². The van der Waals surface area contributed by atoms with Crippen LogP contribution in [-0.4, -0.2) is 31.1 Å². The molecule has 0 bridgehead atoms. The quantitative estimate of drug-likeness (QED) is 0.844. The van der Waals surface area contributed by atoms with E-state index < -0.39 is 10.0 Å². The Labute approximate surface area is 109 Å². The first kappa shape index (κ1) is 13.5. The topological polar surface area (TPSA) is 63.4 Å². The Kier molecular flexibility index (Phi) is 4.04. The first-order valence-electron chi connectivity index (χ1n) is 6.28. The number of nitrogens with two attached hydrogens (primary N) is 1. The molecule has 1 aromatic rings. The summed E-state index contributed by atoms with van der Waals surface area (Å²) in [6.45, 7) is 2.67. The van der Waals surface area contributed by atoms with Gasteiger partial charge >= 0.3 is 0 Å². The van der Waals surface area contributed by atoms with Crippen molar-refractivity contribution in [3.63, 3.8) is 0 Å². The number of rotatable bonds is 6. The Bertz CT molecular complexity index is 492. The average molecular weight is 268 g/mol. The van der Waals surface area contributed by atoms with E-state index in [0.29, 0.717) is 6.54 Å². The summed E-state index contributed by atoms with van der Waals surface area (Å²) in [4.78, 5) is 0. The van der Waals surface area contributed by atoms with Crippen molar-refractivity contribution in [1.29, 1.82) is 0 Å². The lowest BCUT2D eigenvalue weighted by molar-refractivity contribution is 0.399. The van der Waals surface area contributed by atoms with Crippen LogP contribution in [0.25, 0.3) is 0 Å². The van der Waals surface area contributed by atoms with Gasteiger partial charge in [0.2, 0.25) is 10.0 Å². The van der Waals surface area contributed by atoms with Gasteiger partial charge < -0.3 is 5.73 Å². The number of sulfonamides is 1. The predicted molar refractivity (Wildman–Crippen MR) is 72.6 cm³/mol. The summed E-state index contributed by atoms with van der Waals surface area (Å²) >= 11 is 0. The number of hydrogen-bond donors (Lipinski definition) is 1. The van der Waals surface area contributed by atoms with Crippen molar-refractivity contribution in [2.45, 2.75) is 32.4 Å². The summed E-state index contributed by atoms with van der Waals surface area (Å²) in [6, 6.07) is 8.18. The van der Waals surface area contributed by atoms with Crippen LogP contribution in [0.2, 0.25) is 0 Å². The third-order valence-corrected chi connectivity index (χ3v) is 5.04. The highest BCUT2D eigenvalue weighted by Crippen LogP contribution is 2.30. The van der Waals surface area contributed by atoms with E-state index in [1.807, 2.05) is 31.2 Å². The standard InChI is InChI=1S/C13H20N2O2S/c1-11-2-4-12(5-3-11)10-15(13-6-7-13)18(16,17)9-8-14/h2-5,13H,6-10,14H2,1H3. The maximum Gasteiger partial charge on any atom is 0.215 e. The van der Waals surface area contributed by atoms with Gasteiger partial charge in [-0.1, -0.05) is 29.8 Å². The van der Waals surface area contributed by atoms with Crippen molar-refractivity contribution < 1.29 is 8.42 Å². The van der Waals surface area contributed by atoms with Crippen LogP contribution < -0.4 is 5.73 Å². The van der Waals surface area contributed by atoms with Gasteiger partial charge in [-0.15, -0.1) is 0 Å². The Morgan fingerprint density at radius 2 is 1.89 bits per heavy atom. The zero-order valence-corrected chi connectivity index (χ0v) is 11.5. The third kappa shape index (κ3) is 3.31. The molecule has 0 aromatic heterocycles. The summed E-state index contributed by atoms with van der Waals surface area (Å²) in [6.07, 6.45) is 1.94. The highest BCUT2D eigenvalue weighted by atomic mass is 32.2. The van der Waals surface area contributed by atoms with Crippen molar-refractivity contribution in [2.24, 2.45) is 5.73 Å². The molecule has 1 saturated carbocycles. The number of hydrogen-bond acceptors (Lipinski definition) is 3. The molecule has 100 valence electrons. The largest absolute Gasteiger partial charge is 0.329 e. The molecule has 2 rings (SSSR count). The van der Waals surface area contributed by atoms with Crippen LogP contribution in [0.4, 0.5) is 0 Å². The van der Waals surface area contributed by atoms with Crippen LogP contribution in [0.15, 0.2) is 24.3 Å². The Balaban J connectivity index is 2.14. The fourth-order valence-corrected chi connectivity index (χ4v) is 3.50. The van der Waals surface area contributed by atoms with Gasteiger partial charge in [0.1, 0.15) is 0 Å². The van der Waals surface area contributed by atoms with E-state index >= 15 is 0 Å². The summed E-state index contributed by atoms with van der Waals surface area (Å²) in [5.41, 5.74) is 7.60. The second-order valence-electron chi connectivity index (χ2n) is 4.87. The highest BCUT2D eigenvalue weighted by molar-refractivity contribution is 7.89. The molecular formula is C13H20N2O2S. The number of aryl methyl sites for hydroxylation is 1. The summed E-state index contributed by atoms with van der Waals surface area (Å²) in [7, 11) is -3.21. The van der Waals surface area contributed by atoms with Crippen molar-refractivity contribution in [3.8, 4) is 0 Å². The molecule has 0 aliphatic heterocycles. The number of benzene rings is 1. The van der Waals surface area contributed by atoms with E-state index in [1.54, 1.807) is 4.31 Å². The molecule has 0 spiro atoms. The molecule has 0 amide bonds. The van der Waals surface area contributed by atoms with E-state index in [1.165, 1.54) is 5.56 Å². The lowest BCUT2D eigenvalue weighted by Crippen LogP contribution is -2.36. The second kappa shape index (κ2) is 5.38. The molecule has 0 atom stereocenters. The maximum absolute atomic E-state index is 12.1. The molecule has 0 unspecified atom stereocenters. The van der Waals surface area contributed by atoms with Gasteiger partial charge in [-0.3, -0.25) is 0 Å². The Morgan fingerprint density at radius 1 is 1.28 bits per heavy atom. The van der Waals surface area contributed by atoms with Gasteiger partial charge in [-0.05, 0) is 25.3 Å². The SMILES string of the molecule is Cc1ccc(CN(C2CC2)S(=O)(=O)CCN)cc1. The van der Waals surface area contributed by atoms with Crippen molar-refractivity contribution in [2.75, 3.05) is 12.3 Å². The van der Waals surface area contributed by atoms with Crippen LogP contribution >= 0.6 is 0 Å². The van der Waals surface area contributed by atoms with Crippen molar-refractivity contribution >= 4 is 10.0 Å². The molecule has 4 nitrogen and oxygen atoms in total. The molecule has 1 aliphatic rings. The van der Waals surface area contributed by atoms with E-state index in [2.05, 4.69) is 0 Å². The zero-order valence-electron chi connectivity index (χ0n) is 10.7. The summed E-state index contributed by atoms with van der Waals surface area (Å²) in [5.74, 6) is 0.0371. The average Bonchev–Trinajstić information content (AvgIpc) is 3.12. The second-order valence-corrected chi connectivity index (χ2v) is 6.91. The minimum Gasteiger partial charge on any atom is -0.329 e. The molecule has 2 N–H and O–H groups in total. The van der Waals surface area contributed by atoms with Gasteiger partial charge in [0.25, 0.3) is 0 Å². The normalized spacial score (nSPS) is 16.2. The van der Waals surface area contributed by atoms with Crippen LogP contribution in [0.5, 0.6) is 0 Å². The molecule has 1 fully saturated rings. The molecule has 5 heteroatoms. The third-order valence-electron chi connectivity index (χ3n) is 3.15. The van der Waals surface area contributed by atoms with Gasteiger partial charge in [0, 0.05) is 19.1 Å². The first-order valence-corrected chi connectivity index (χ1v) is 7.89. The Hall–Kier alpha value is -0.910. The van der Waals surface area contributed by atoms with Gasteiger partial charge in [-0.25, -0.2) is 8.42 Å². The fraction of sp³-hybridized carbons (Fsp3) is 0.538. The lowest BCUT2D eigenvalue weighted by Gasteiger charge is -2.21. The zero-order chi connectivity index (χ0) is 13.2. The first-order chi connectivity index (χ1) is 8.53. The molecule has 0 heterocycles. The molecular weight excluding hydrogens is 248 g/mol. The minimum absolute atomic E-state index is 0.0371. The van der Waals surface area contributed by atoms with Crippen molar-refractivity contribution in [1.82, 2.24) is 4.31 Å². The lowest BCUT2D eigenvalue weighted by atomic mass is 10.1. The molecule has 0 saturated heterocycles. The molecule has 18 heavy (non-hydrogen) atoms. The van der Waals surface area contributed by atoms with Crippen LogP contribution in [-0.2, 0) is 16.6 Å². The van der Waals surface area contributed by atoms with E-state index in [4.69, 9.17) is 5.73 Å². The maximum atomic E-state index is 12.1. The monoisotopic (exact) mass is 268 g/mol. The van der Waals surface area contributed by atoms with Crippen LogP contribution in [0.1, 0.15) is 24.0 Å². The van der Waals surface area contributed by atoms with E-state index in [9.17, 15) is 8.42 Å². The molecule has 1 aliphatic carbocycles. The number of nitrogens with zero attached hydrogens (tertiary/aromatic N) is 1. The summed E-state index contributed by atoms with van der Waals surface area (Å²) < 4.78 is 25.9. The fourth-order valence-electron chi connectivity index (χ4n) is 1.96. The van der Waals surface area contributed by atoms with Gasteiger partial charge in [0.15, 0.2) is 0 Å². The predicted octanol–water partition coefficient (Wildman–Crippen LogP) is 1.25. The summed E-state index contributed by atoms with van der Waals surface area (Å²) in [5, 5.41) is 0.